The second-order valence-corrected chi connectivity index (χ2v) is 5.32. The molecule has 1 heterocycles. The molecule has 0 aliphatic heterocycles. The van der Waals surface area contributed by atoms with Crippen LogP contribution in [-0.2, 0) is 0 Å². The number of furan rings is 1. The van der Waals surface area contributed by atoms with Crippen molar-refractivity contribution in [1.29, 1.82) is 0 Å². The van der Waals surface area contributed by atoms with Gasteiger partial charge < -0.3 is 9.52 Å². The molecule has 0 amide bonds. The first-order valence-electron chi connectivity index (χ1n) is 4.45. The fraction of sp³-hybridized carbons (Fsp3) is 0.0909. The van der Waals surface area contributed by atoms with E-state index >= 15 is 0 Å². The standard InChI is InChI=1S/C11H7Br2ClO2/c12-7-3-4-16-11(7)10(15)6-1-2-9(14)8(13)5-6/h1-5,10,15H. The fourth-order valence-electron chi connectivity index (χ4n) is 1.33. The monoisotopic (exact) mass is 364 g/mol. The maximum absolute atomic E-state index is 10.1. The first-order chi connectivity index (χ1) is 7.59. The Morgan fingerprint density at radius 2 is 1.94 bits per heavy atom. The lowest BCUT2D eigenvalue weighted by Crippen LogP contribution is -1.98. The van der Waals surface area contributed by atoms with Gasteiger partial charge in [0.2, 0.25) is 0 Å². The van der Waals surface area contributed by atoms with Crippen molar-refractivity contribution in [2.45, 2.75) is 6.10 Å². The minimum atomic E-state index is -0.807. The summed E-state index contributed by atoms with van der Waals surface area (Å²) in [5.74, 6) is 0.481. The van der Waals surface area contributed by atoms with E-state index in [1.807, 2.05) is 0 Å². The summed E-state index contributed by atoms with van der Waals surface area (Å²) in [6.07, 6.45) is 0.714. The number of aliphatic hydroxyl groups is 1. The van der Waals surface area contributed by atoms with E-state index in [1.54, 1.807) is 24.3 Å². The molecule has 0 radical (unpaired) electrons. The molecule has 2 nitrogen and oxygen atoms in total. The average Bonchev–Trinajstić information content (AvgIpc) is 2.67. The normalized spacial score (nSPS) is 12.8. The summed E-state index contributed by atoms with van der Waals surface area (Å²) in [5.41, 5.74) is 0.715. The molecule has 2 aromatic rings. The summed E-state index contributed by atoms with van der Waals surface area (Å²) in [4.78, 5) is 0. The average molecular weight is 366 g/mol. The summed E-state index contributed by atoms with van der Waals surface area (Å²) in [6, 6.07) is 6.99. The quantitative estimate of drug-likeness (QED) is 0.847. The zero-order valence-electron chi connectivity index (χ0n) is 7.95. The minimum absolute atomic E-state index is 0.481. The predicted molar refractivity (Wildman–Crippen MR) is 69.6 cm³/mol. The smallest absolute Gasteiger partial charge is 0.150 e. The van der Waals surface area contributed by atoms with Crippen LogP contribution in [0, 0.1) is 0 Å². The Bertz CT molecular complexity index is 510. The Balaban J connectivity index is 2.38. The van der Waals surface area contributed by atoms with Gasteiger partial charge in [0.1, 0.15) is 6.10 Å². The second kappa shape index (κ2) is 4.92. The molecule has 2 rings (SSSR count). The maximum Gasteiger partial charge on any atom is 0.150 e. The van der Waals surface area contributed by atoms with Crippen molar-refractivity contribution in [1.82, 2.24) is 0 Å². The van der Waals surface area contributed by atoms with Crippen molar-refractivity contribution >= 4 is 43.5 Å². The van der Waals surface area contributed by atoms with Crippen LogP contribution in [0.1, 0.15) is 17.4 Å². The van der Waals surface area contributed by atoms with Crippen LogP contribution in [0.5, 0.6) is 0 Å². The van der Waals surface area contributed by atoms with E-state index in [2.05, 4.69) is 31.9 Å². The van der Waals surface area contributed by atoms with Crippen molar-refractivity contribution < 1.29 is 9.52 Å². The SMILES string of the molecule is OC(c1ccc(Cl)c(Br)c1)c1occc1Br. The van der Waals surface area contributed by atoms with Gasteiger partial charge in [-0.25, -0.2) is 0 Å². The molecule has 0 fully saturated rings. The van der Waals surface area contributed by atoms with Gasteiger partial charge in [-0.2, -0.15) is 0 Å². The Morgan fingerprint density at radius 3 is 2.50 bits per heavy atom. The van der Waals surface area contributed by atoms with Crippen LogP contribution in [0.25, 0.3) is 0 Å². The van der Waals surface area contributed by atoms with Gasteiger partial charge in [0, 0.05) is 4.47 Å². The highest BCUT2D eigenvalue weighted by Gasteiger charge is 2.17. The van der Waals surface area contributed by atoms with Gasteiger partial charge in [-0.3, -0.25) is 0 Å². The van der Waals surface area contributed by atoms with Gasteiger partial charge >= 0.3 is 0 Å². The Kier molecular flexibility index (Phi) is 3.74. The van der Waals surface area contributed by atoms with Crippen LogP contribution in [0.3, 0.4) is 0 Å². The first-order valence-corrected chi connectivity index (χ1v) is 6.42. The third-order valence-electron chi connectivity index (χ3n) is 2.15. The zero-order valence-corrected chi connectivity index (χ0v) is 11.9. The van der Waals surface area contributed by atoms with Crippen molar-refractivity contribution in [3.63, 3.8) is 0 Å². The molecule has 0 aliphatic carbocycles. The highest BCUT2D eigenvalue weighted by molar-refractivity contribution is 9.10. The van der Waals surface area contributed by atoms with Crippen LogP contribution < -0.4 is 0 Å². The summed E-state index contributed by atoms with van der Waals surface area (Å²) >= 11 is 12.5. The van der Waals surface area contributed by atoms with Gasteiger partial charge in [-0.05, 0) is 55.6 Å². The fourth-order valence-corrected chi connectivity index (χ4v) is 2.27. The molecule has 0 bridgehead atoms. The van der Waals surface area contributed by atoms with Crippen LogP contribution in [0.2, 0.25) is 5.02 Å². The molecule has 16 heavy (non-hydrogen) atoms. The molecule has 0 saturated carbocycles. The minimum Gasteiger partial charge on any atom is -0.465 e. The van der Waals surface area contributed by atoms with Crippen molar-refractivity contribution in [3.8, 4) is 0 Å². The molecule has 5 heteroatoms. The molecule has 1 aromatic carbocycles. The third-order valence-corrected chi connectivity index (χ3v) is 4.02. The van der Waals surface area contributed by atoms with E-state index in [-0.39, 0.29) is 0 Å². The number of hydrogen-bond donors (Lipinski definition) is 1. The van der Waals surface area contributed by atoms with E-state index in [0.717, 1.165) is 8.95 Å². The van der Waals surface area contributed by atoms with Crippen LogP contribution in [-0.4, -0.2) is 5.11 Å². The summed E-state index contributed by atoms with van der Waals surface area (Å²) < 4.78 is 6.69. The lowest BCUT2D eigenvalue weighted by atomic mass is 10.1. The zero-order chi connectivity index (χ0) is 11.7. The molecule has 0 spiro atoms. The number of benzene rings is 1. The van der Waals surface area contributed by atoms with Gasteiger partial charge in [0.15, 0.2) is 5.76 Å². The Morgan fingerprint density at radius 1 is 1.19 bits per heavy atom. The van der Waals surface area contributed by atoms with Crippen LogP contribution in [0.4, 0.5) is 0 Å². The summed E-state index contributed by atoms with van der Waals surface area (Å²) in [5, 5.41) is 10.7. The van der Waals surface area contributed by atoms with Crippen LogP contribution >= 0.6 is 43.5 Å². The third kappa shape index (κ3) is 2.35. The van der Waals surface area contributed by atoms with E-state index in [9.17, 15) is 5.11 Å². The molecule has 1 N–H and O–H groups in total. The number of aliphatic hydroxyl groups excluding tert-OH is 1. The van der Waals surface area contributed by atoms with Gasteiger partial charge in [0.05, 0.1) is 15.8 Å². The predicted octanol–water partition coefficient (Wildman–Crippen LogP) is 4.54. The van der Waals surface area contributed by atoms with E-state index in [0.29, 0.717) is 16.3 Å². The van der Waals surface area contributed by atoms with Crippen molar-refractivity contribution in [2.24, 2.45) is 0 Å². The number of halogens is 3. The molecule has 84 valence electrons. The van der Waals surface area contributed by atoms with E-state index in [1.165, 1.54) is 6.26 Å². The van der Waals surface area contributed by atoms with Gasteiger partial charge in [-0.15, -0.1) is 0 Å². The second-order valence-electron chi connectivity index (χ2n) is 3.21. The van der Waals surface area contributed by atoms with Crippen molar-refractivity contribution in [3.05, 3.63) is 55.8 Å². The Labute approximate surface area is 114 Å². The topological polar surface area (TPSA) is 33.4 Å². The molecule has 0 saturated heterocycles. The number of hydrogen-bond acceptors (Lipinski definition) is 2. The van der Waals surface area contributed by atoms with E-state index in [4.69, 9.17) is 16.0 Å². The molecular weight excluding hydrogens is 359 g/mol. The summed E-state index contributed by atoms with van der Waals surface area (Å²) in [6.45, 7) is 0. The summed E-state index contributed by atoms with van der Waals surface area (Å²) in [7, 11) is 0. The molecule has 1 unspecified atom stereocenters. The largest absolute Gasteiger partial charge is 0.465 e. The van der Waals surface area contributed by atoms with Crippen LogP contribution in [0.15, 0.2) is 43.9 Å². The molecular formula is C11H7Br2ClO2. The van der Waals surface area contributed by atoms with E-state index < -0.39 is 6.10 Å². The van der Waals surface area contributed by atoms with Crippen molar-refractivity contribution in [2.75, 3.05) is 0 Å². The molecule has 1 aromatic heterocycles. The Hall–Kier alpha value is -0.290. The lowest BCUT2D eigenvalue weighted by molar-refractivity contribution is 0.188. The highest BCUT2D eigenvalue weighted by Crippen LogP contribution is 2.32. The number of rotatable bonds is 2. The maximum atomic E-state index is 10.1. The highest BCUT2D eigenvalue weighted by atomic mass is 79.9. The molecule has 1 atom stereocenters. The van der Waals surface area contributed by atoms with Gasteiger partial charge in [-0.1, -0.05) is 17.7 Å². The molecule has 0 aliphatic rings. The van der Waals surface area contributed by atoms with Gasteiger partial charge in [0.25, 0.3) is 0 Å². The first kappa shape index (κ1) is 12.2. The lowest BCUT2D eigenvalue weighted by Gasteiger charge is -2.09.